The minimum absolute atomic E-state index is 0.243. The van der Waals surface area contributed by atoms with Crippen molar-refractivity contribution < 1.29 is 0 Å². The van der Waals surface area contributed by atoms with E-state index in [0.717, 1.165) is 6.42 Å². The van der Waals surface area contributed by atoms with Gasteiger partial charge < -0.3 is 0 Å². The van der Waals surface area contributed by atoms with Gasteiger partial charge in [0.25, 0.3) is 0 Å². The van der Waals surface area contributed by atoms with E-state index in [1.807, 2.05) is 0 Å². The van der Waals surface area contributed by atoms with E-state index < -0.39 is 0 Å². The second-order valence-corrected chi connectivity index (χ2v) is 12.0. The normalized spacial score (nSPS) is 12.4. The van der Waals surface area contributed by atoms with Crippen molar-refractivity contribution >= 4 is 0 Å². The monoisotopic (exact) mass is 448 g/mol. The lowest BCUT2D eigenvalue weighted by Gasteiger charge is -2.27. The van der Waals surface area contributed by atoms with Crippen molar-refractivity contribution in [1.82, 2.24) is 0 Å². The molecule has 0 radical (unpaired) electrons. The molecular formula is C33H52. The highest BCUT2D eigenvalue weighted by Crippen LogP contribution is 2.33. The summed E-state index contributed by atoms with van der Waals surface area (Å²) < 4.78 is 0. The molecule has 0 aliphatic carbocycles. The van der Waals surface area contributed by atoms with Gasteiger partial charge in [-0.2, -0.15) is 0 Å². The van der Waals surface area contributed by atoms with Gasteiger partial charge in [-0.15, -0.1) is 0 Å². The van der Waals surface area contributed by atoms with Gasteiger partial charge in [0.1, 0.15) is 0 Å². The molecule has 0 saturated carbocycles. The maximum atomic E-state index is 2.49. The molecule has 0 aliphatic rings. The standard InChI is InChI=1S/C33H52/c1-9-11-13-15-17-32(5,6)30-21-26(3)19-28(24-30)23-29-20-27(4)22-31(25-29)33(7,8)18-16-14-12-10-2/h19-22,24-25H,9-18,23H2,1-8H3. The number of benzene rings is 2. The number of hydrogen-bond donors (Lipinski definition) is 0. The van der Waals surface area contributed by atoms with E-state index in [4.69, 9.17) is 0 Å². The van der Waals surface area contributed by atoms with Crippen LogP contribution in [0.15, 0.2) is 36.4 Å². The topological polar surface area (TPSA) is 0 Å². The fourth-order valence-electron chi connectivity index (χ4n) is 5.22. The second kappa shape index (κ2) is 12.8. The first kappa shape index (κ1) is 27.7. The molecular weight excluding hydrogens is 396 g/mol. The van der Waals surface area contributed by atoms with Crippen LogP contribution in [0.5, 0.6) is 0 Å². The highest BCUT2D eigenvalue weighted by molar-refractivity contribution is 5.40. The van der Waals surface area contributed by atoms with E-state index in [0.29, 0.717) is 0 Å². The molecule has 0 aromatic heterocycles. The maximum absolute atomic E-state index is 2.49. The molecule has 0 fully saturated rings. The lowest BCUT2D eigenvalue weighted by Crippen LogP contribution is -2.18. The zero-order valence-corrected chi connectivity index (χ0v) is 23.2. The van der Waals surface area contributed by atoms with Gasteiger partial charge in [0.05, 0.1) is 0 Å². The Morgan fingerprint density at radius 3 is 1.27 bits per heavy atom. The van der Waals surface area contributed by atoms with Gasteiger partial charge in [-0.3, -0.25) is 0 Å². The predicted octanol–water partition coefficient (Wildman–Crippen LogP) is 10.4. The van der Waals surface area contributed by atoms with Gasteiger partial charge in [0.2, 0.25) is 0 Å². The van der Waals surface area contributed by atoms with Crippen molar-refractivity contribution in [2.75, 3.05) is 0 Å². The lowest BCUT2D eigenvalue weighted by atomic mass is 9.77. The second-order valence-electron chi connectivity index (χ2n) is 12.0. The summed E-state index contributed by atoms with van der Waals surface area (Å²) in [6, 6.07) is 14.6. The molecule has 0 heteroatoms. The molecule has 0 bridgehead atoms. The molecule has 0 heterocycles. The summed E-state index contributed by atoms with van der Waals surface area (Å²) in [5.74, 6) is 0. The Labute approximate surface area is 206 Å². The lowest BCUT2D eigenvalue weighted by molar-refractivity contribution is 0.445. The number of unbranched alkanes of at least 4 members (excludes halogenated alkanes) is 6. The fourth-order valence-corrected chi connectivity index (χ4v) is 5.22. The first-order chi connectivity index (χ1) is 15.6. The van der Waals surface area contributed by atoms with Crippen molar-refractivity contribution in [1.29, 1.82) is 0 Å². The molecule has 0 nitrogen and oxygen atoms in total. The van der Waals surface area contributed by atoms with Crippen LogP contribution in [0.25, 0.3) is 0 Å². The summed E-state index contributed by atoms with van der Waals surface area (Å²) >= 11 is 0. The van der Waals surface area contributed by atoms with E-state index in [9.17, 15) is 0 Å². The zero-order chi connectivity index (χ0) is 24.5. The van der Waals surface area contributed by atoms with Crippen LogP contribution < -0.4 is 0 Å². The van der Waals surface area contributed by atoms with Crippen LogP contribution in [0.1, 0.15) is 139 Å². The smallest absolute Gasteiger partial charge is 0.00254 e. The quantitative estimate of drug-likeness (QED) is 0.252. The molecule has 0 N–H and O–H groups in total. The molecule has 2 rings (SSSR count). The van der Waals surface area contributed by atoms with Crippen LogP contribution >= 0.6 is 0 Å². The molecule has 0 saturated heterocycles. The van der Waals surface area contributed by atoms with Crippen LogP contribution in [0, 0.1) is 13.8 Å². The van der Waals surface area contributed by atoms with Gasteiger partial charge in [-0.25, -0.2) is 0 Å². The predicted molar refractivity (Wildman–Crippen MR) is 149 cm³/mol. The van der Waals surface area contributed by atoms with Crippen molar-refractivity contribution in [3.8, 4) is 0 Å². The summed E-state index contributed by atoms with van der Waals surface area (Å²) in [4.78, 5) is 0. The average molecular weight is 449 g/mol. The van der Waals surface area contributed by atoms with E-state index in [1.54, 1.807) is 0 Å². The van der Waals surface area contributed by atoms with E-state index in [2.05, 4.69) is 91.8 Å². The summed E-state index contributed by atoms with van der Waals surface area (Å²) in [6.07, 6.45) is 14.3. The number of aryl methyl sites for hydroxylation is 2. The van der Waals surface area contributed by atoms with Crippen LogP contribution in [-0.2, 0) is 17.3 Å². The Morgan fingerprint density at radius 1 is 0.515 bits per heavy atom. The van der Waals surface area contributed by atoms with Crippen LogP contribution in [0.3, 0.4) is 0 Å². The molecule has 2 aromatic carbocycles. The minimum Gasteiger partial charge on any atom is -0.0654 e. The van der Waals surface area contributed by atoms with Crippen LogP contribution in [0.2, 0.25) is 0 Å². The Morgan fingerprint density at radius 2 is 0.909 bits per heavy atom. The highest BCUT2D eigenvalue weighted by Gasteiger charge is 2.22. The zero-order valence-electron chi connectivity index (χ0n) is 23.2. The Bertz CT molecular complexity index is 781. The van der Waals surface area contributed by atoms with Gasteiger partial charge in [0, 0.05) is 0 Å². The SMILES string of the molecule is CCCCCCC(C)(C)c1cc(C)cc(Cc2cc(C)cc(C(C)(C)CCCCCC)c2)c1. The summed E-state index contributed by atoms with van der Waals surface area (Å²) in [7, 11) is 0. The number of rotatable bonds is 14. The van der Waals surface area contributed by atoms with Crippen molar-refractivity contribution in [3.63, 3.8) is 0 Å². The third kappa shape index (κ3) is 8.95. The first-order valence-electron chi connectivity index (χ1n) is 13.8. The van der Waals surface area contributed by atoms with Gasteiger partial charge in [-0.1, -0.05) is 140 Å². The molecule has 0 amide bonds. The van der Waals surface area contributed by atoms with Gasteiger partial charge in [0.15, 0.2) is 0 Å². The van der Waals surface area contributed by atoms with Crippen LogP contribution in [0.4, 0.5) is 0 Å². The molecule has 184 valence electrons. The third-order valence-electron chi connectivity index (χ3n) is 7.56. The van der Waals surface area contributed by atoms with Crippen molar-refractivity contribution in [3.05, 3.63) is 69.8 Å². The fraction of sp³-hybridized carbons (Fsp3) is 0.636. The first-order valence-corrected chi connectivity index (χ1v) is 13.8. The Balaban J connectivity index is 2.20. The summed E-state index contributed by atoms with van der Waals surface area (Å²) in [5, 5.41) is 0. The third-order valence-corrected chi connectivity index (χ3v) is 7.56. The minimum atomic E-state index is 0.243. The summed E-state index contributed by atoms with van der Waals surface area (Å²) in [5.41, 5.74) is 9.23. The largest absolute Gasteiger partial charge is 0.0654 e. The Kier molecular flexibility index (Phi) is 10.7. The average Bonchev–Trinajstić information content (AvgIpc) is 2.73. The maximum Gasteiger partial charge on any atom is -0.00254 e. The van der Waals surface area contributed by atoms with Crippen molar-refractivity contribution in [2.45, 2.75) is 137 Å². The highest BCUT2D eigenvalue weighted by atomic mass is 14.3. The Hall–Kier alpha value is -1.56. The van der Waals surface area contributed by atoms with Crippen LogP contribution in [-0.4, -0.2) is 0 Å². The molecule has 0 aliphatic heterocycles. The molecule has 0 unspecified atom stereocenters. The van der Waals surface area contributed by atoms with Gasteiger partial charge in [-0.05, 0) is 66.2 Å². The number of hydrogen-bond acceptors (Lipinski definition) is 0. The molecule has 0 atom stereocenters. The molecule has 2 aromatic rings. The van der Waals surface area contributed by atoms with E-state index in [-0.39, 0.29) is 10.8 Å². The van der Waals surface area contributed by atoms with Crippen molar-refractivity contribution in [2.24, 2.45) is 0 Å². The summed E-state index contributed by atoms with van der Waals surface area (Å²) in [6.45, 7) is 18.9. The van der Waals surface area contributed by atoms with Gasteiger partial charge >= 0.3 is 0 Å². The molecule has 33 heavy (non-hydrogen) atoms. The molecule has 0 spiro atoms. The van der Waals surface area contributed by atoms with E-state index >= 15 is 0 Å². The van der Waals surface area contributed by atoms with E-state index in [1.165, 1.54) is 97.6 Å².